The topological polar surface area (TPSA) is 81.4 Å². The maximum atomic E-state index is 13.3. The van der Waals surface area contributed by atoms with Gasteiger partial charge >= 0.3 is 6.18 Å². The lowest BCUT2D eigenvalue weighted by molar-refractivity contribution is -0.144. The van der Waals surface area contributed by atoms with Gasteiger partial charge in [0, 0.05) is 29.6 Å². The van der Waals surface area contributed by atoms with Crippen molar-refractivity contribution >= 4 is 17.4 Å². The summed E-state index contributed by atoms with van der Waals surface area (Å²) in [6.07, 6.45) is -4.34. The van der Waals surface area contributed by atoms with Gasteiger partial charge in [0.2, 0.25) is 5.91 Å². The Morgan fingerprint density at radius 2 is 1.79 bits per heavy atom. The molecule has 34 heavy (non-hydrogen) atoms. The molecule has 0 bridgehead atoms. The molecule has 176 valence electrons. The minimum atomic E-state index is -4.67. The second kappa shape index (κ2) is 9.08. The molecular weight excluding hydrogens is 454 g/mol. The van der Waals surface area contributed by atoms with Gasteiger partial charge in [-0.25, -0.2) is 13.9 Å². The fourth-order valence-corrected chi connectivity index (χ4v) is 3.43. The Bertz CT molecular complexity index is 1350. The standard InChI is InChI=1S/C23H19F4N5O2/c1-13-19(14(2)32-22(28-13)30-21(31-32)23(25,26)27)10-11-20(33)29-16-6-8-17(9-7-16)34-18-5-3-4-15(24)12-18/h3-9,12H,10-11H2,1-2H3,(H,29,33). The average Bonchev–Trinajstić information content (AvgIpc) is 3.20. The second-order valence-corrected chi connectivity index (χ2v) is 7.54. The second-order valence-electron chi connectivity index (χ2n) is 7.54. The van der Waals surface area contributed by atoms with E-state index in [9.17, 15) is 22.4 Å². The van der Waals surface area contributed by atoms with Crippen molar-refractivity contribution in [3.63, 3.8) is 0 Å². The van der Waals surface area contributed by atoms with Crippen LogP contribution in [-0.2, 0) is 17.4 Å². The number of ether oxygens (including phenoxy) is 1. The van der Waals surface area contributed by atoms with E-state index in [1.165, 1.54) is 18.2 Å². The number of rotatable bonds is 6. The Morgan fingerprint density at radius 3 is 2.47 bits per heavy atom. The zero-order valence-electron chi connectivity index (χ0n) is 18.2. The molecule has 0 saturated heterocycles. The van der Waals surface area contributed by atoms with Crippen LogP contribution in [0.5, 0.6) is 11.5 Å². The van der Waals surface area contributed by atoms with Crippen LogP contribution in [0.3, 0.4) is 0 Å². The van der Waals surface area contributed by atoms with E-state index in [0.29, 0.717) is 34.1 Å². The number of carbonyl (C=O) groups is 1. The molecule has 0 radical (unpaired) electrons. The average molecular weight is 473 g/mol. The van der Waals surface area contributed by atoms with Crippen molar-refractivity contribution in [2.75, 3.05) is 5.32 Å². The van der Waals surface area contributed by atoms with Gasteiger partial charge in [-0.3, -0.25) is 4.79 Å². The van der Waals surface area contributed by atoms with Crippen molar-refractivity contribution in [3.05, 3.63) is 77.1 Å². The first-order valence-corrected chi connectivity index (χ1v) is 10.2. The van der Waals surface area contributed by atoms with E-state index in [1.807, 2.05) is 0 Å². The van der Waals surface area contributed by atoms with Crippen molar-refractivity contribution in [3.8, 4) is 11.5 Å². The summed E-state index contributed by atoms with van der Waals surface area (Å²) in [6, 6.07) is 12.3. The third kappa shape index (κ3) is 5.13. The number of fused-ring (bicyclic) bond motifs is 1. The number of aromatic nitrogens is 4. The molecule has 0 aliphatic heterocycles. The summed E-state index contributed by atoms with van der Waals surface area (Å²) in [5.41, 5.74) is 2.08. The van der Waals surface area contributed by atoms with Crippen molar-refractivity contribution in [1.82, 2.24) is 19.6 Å². The van der Waals surface area contributed by atoms with E-state index in [0.717, 1.165) is 4.52 Å². The monoisotopic (exact) mass is 473 g/mol. The van der Waals surface area contributed by atoms with Crippen molar-refractivity contribution < 1.29 is 27.1 Å². The Morgan fingerprint density at radius 1 is 1.06 bits per heavy atom. The highest BCUT2D eigenvalue weighted by Gasteiger charge is 2.37. The van der Waals surface area contributed by atoms with E-state index in [-0.39, 0.29) is 24.5 Å². The third-order valence-corrected chi connectivity index (χ3v) is 5.07. The van der Waals surface area contributed by atoms with Crippen LogP contribution in [0, 0.1) is 19.7 Å². The summed E-state index contributed by atoms with van der Waals surface area (Å²) >= 11 is 0. The van der Waals surface area contributed by atoms with Gasteiger partial charge in [0.1, 0.15) is 17.3 Å². The zero-order valence-corrected chi connectivity index (χ0v) is 18.2. The highest BCUT2D eigenvalue weighted by molar-refractivity contribution is 5.90. The summed E-state index contributed by atoms with van der Waals surface area (Å²) in [6.45, 7) is 3.26. The molecule has 0 aliphatic carbocycles. The molecule has 2 aromatic heterocycles. The molecule has 1 N–H and O–H groups in total. The highest BCUT2D eigenvalue weighted by Crippen LogP contribution is 2.27. The molecule has 1 amide bonds. The molecule has 0 unspecified atom stereocenters. The zero-order chi connectivity index (χ0) is 24.5. The molecule has 0 spiro atoms. The quantitative estimate of drug-likeness (QED) is 0.386. The summed E-state index contributed by atoms with van der Waals surface area (Å²) in [4.78, 5) is 20.0. The van der Waals surface area contributed by atoms with Gasteiger partial charge in [0.25, 0.3) is 11.6 Å². The fraction of sp³-hybridized carbons (Fsp3) is 0.217. The molecule has 0 saturated carbocycles. The van der Waals surface area contributed by atoms with Gasteiger partial charge in [-0.15, -0.1) is 5.10 Å². The van der Waals surface area contributed by atoms with E-state index < -0.39 is 17.8 Å². The number of aryl methyl sites for hydroxylation is 2. The summed E-state index contributed by atoms with van der Waals surface area (Å²) in [5, 5.41) is 6.26. The number of benzene rings is 2. The van der Waals surface area contributed by atoms with E-state index in [1.54, 1.807) is 44.2 Å². The summed E-state index contributed by atoms with van der Waals surface area (Å²) < 4.78 is 58.7. The Labute approximate surface area is 191 Å². The molecule has 4 rings (SSSR count). The lowest BCUT2D eigenvalue weighted by Gasteiger charge is -2.11. The van der Waals surface area contributed by atoms with Crippen LogP contribution < -0.4 is 10.1 Å². The molecular formula is C23H19F4N5O2. The number of anilines is 1. The number of hydrogen-bond acceptors (Lipinski definition) is 5. The normalized spacial score (nSPS) is 11.6. The van der Waals surface area contributed by atoms with E-state index in [4.69, 9.17) is 4.74 Å². The Hall–Kier alpha value is -4.02. The van der Waals surface area contributed by atoms with Crippen LogP contribution in [-0.4, -0.2) is 25.5 Å². The predicted octanol–water partition coefficient (Wildman–Crippen LogP) is 5.26. The minimum absolute atomic E-state index is 0.0806. The Kier molecular flexibility index (Phi) is 6.18. The van der Waals surface area contributed by atoms with Crippen LogP contribution in [0.1, 0.15) is 29.2 Å². The first-order chi connectivity index (χ1) is 16.1. The number of nitrogens with zero attached hydrogens (tertiary/aromatic N) is 4. The number of halogens is 4. The lowest BCUT2D eigenvalue weighted by Crippen LogP contribution is -2.14. The van der Waals surface area contributed by atoms with Crippen molar-refractivity contribution in [2.45, 2.75) is 32.9 Å². The third-order valence-electron chi connectivity index (χ3n) is 5.07. The van der Waals surface area contributed by atoms with Gasteiger partial charge in [-0.2, -0.15) is 18.2 Å². The first kappa shape index (κ1) is 23.1. The van der Waals surface area contributed by atoms with Crippen LogP contribution in [0.15, 0.2) is 48.5 Å². The van der Waals surface area contributed by atoms with Crippen molar-refractivity contribution in [2.24, 2.45) is 0 Å². The molecule has 4 aromatic rings. The molecule has 0 fully saturated rings. The fourth-order valence-electron chi connectivity index (χ4n) is 3.43. The van der Waals surface area contributed by atoms with Crippen LogP contribution >= 0.6 is 0 Å². The van der Waals surface area contributed by atoms with Gasteiger partial charge in [-0.05, 0) is 62.2 Å². The number of carbonyl (C=O) groups excluding carboxylic acids is 1. The molecule has 0 aliphatic rings. The number of nitrogens with one attached hydrogen (secondary N) is 1. The smallest absolute Gasteiger partial charge is 0.453 e. The first-order valence-electron chi connectivity index (χ1n) is 10.2. The van der Waals surface area contributed by atoms with Gasteiger partial charge in [-0.1, -0.05) is 6.07 Å². The minimum Gasteiger partial charge on any atom is -0.457 e. The molecule has 11 heteroatoms. The largest absolute Gasteiger partial charge is 0.457 e. The van der Waals surface area contributed by atoms with Crippen molar-refractivity contribution in [1.29, 1.82) is 0 Å². The molecule has 2 aromatic carbocycles. The SMILES string of the molecule is Cc1nc2nc(C(F)(F)F)nn2c(C)c1CCC(=O)Nc1ccc(Oc2cccc(F)c2)cc1. The van der Waals surface area contributed by atoms with Crippen LogP contribution in [0.25, 0.3) is 5.78 Å². The molecule has 0 atom stereocenters. The molecule has 7 nitrogen and oxygen atoms in total. The molecule has 2 heterocycles. The van der Waals surface area contributed by atoms with Gasteiger partial charge in [0.15, 0.2) is 0 Å². The summed E-state index contributed by atoms with van der Waals surface area (Å²) in [7, 11) is 0. The number of alkyl halides is 3. The summed E-state index contributed by atoms with van der Waals surface area (Å²) in [5.74, 6) is -1.28. The number of amides is 1. The van der Waals surface area contributed by atoms with Gasteiger partial charge < -0.3 is 10.1 Å². The lowest BCUT2D eigenvalue weighted by atomic mass is 10.1. The van der Waals surface area contributed by atoms with Crippen LogP contribution in [0.2, 0.25) is 0 Å². The predicted molar refractivity (Wildman–Crippen MR) is 115 cm³/mol. The maximum Gasteiger partial charge on any atom is 0.453 e. The number of hydrogen-bond donors (Lipinski definition) is 1. The van der Waals surface area contributed by atoms with E-state index >= 15 is 0 Å². The maximum absolute atomic E-state index is 13.3. The van der Waals surface area contributed by atoms with Crippen LogP contribution in [0.4, 0.5) is 23.2 Å². The van der Waals surface area contributed by atoms with Gasteiger partial charge in [0.05, 0.1) is 0 Å². The van der Waals surface area contributed by atoms with E-state index in [2.05, 4.69) is 20.4 Å². The highest BCUT2D eigenvalue weighted by atomic mass is 19.4. The Balaban J connectivity index is 1.40.